The molecule has 1 aliphatic rings. The second-order valence-corrected chi connectivity index (χ2v) is 6.97. The minimum Gasteiger partial charge on any atom is -0.450 e. The van der Waals surface area contributed by atoms with Gasteiger partial charge in [0, 0.05) is 51.5 Å². The van der Waals surface area contributed by atoms with Gasteiger partial charge < -0.3 is 25.0 Å². The molecule has 1 aliphatic heterocycles. The Balaban J connectivity index is 0.00000480. The van der Waals surface area contributed by atoms with Crippen LogP contribution in [0.5, 0.6) is 0 Å². The van der Waals surface area contributed by atoms with Gasteiger partial charge in [-0.2, -0.15) is 0 Å². The summed E-state index contributed by atoms with van der Waals surface area (Å²) in [4.78, 5) is 28.6. The molecule has 1 amide bonds. The van der Waals surface area contributed by atoms with E-state index in [1.54, 1.807) is 31.1 Å². The maximum absolute atomic E-state index is 11.8. The number of aliphatic imine (C=N–C) groups is 1. The number of likely N-dealkylation sites (tertiary alicyclic amines) is 1. The summed E-state index contributed by atoms with van der Waals surface area (Å²) in [6.07, 6.45) is 2.18. The summed E-state index contributed by atoms with van der Waals surface area (Å²) in [6.45, 7) is 5.21. The van der Waals surface area contributed by atoms with Gasteiger partial charge in [0.2, 0.25) is 0 Å². The summed E-state index contributed by atoms with van der Waals surface area (Å²) >= 11 is 0. The maximum atomic E-state index is 11.8. The minimum atomic E-state index is -0.417. The molecule has 0 saturated carbocycles. The molecule has 31 heavy (non-hydrogen) atoms. The van der Waals surface area contributed by atoms with E-state index in [2.05, 4.69) is 15.6 Å². The number of methoxy groups -OCH3 is 1. The van der Waals surface area contributed by atoms with Gasteiger partial charge in [-0.1, -0.05) is 12.1 Å². The number of hydrogen-bond donors (Lipinski definition) is 2. The maximum Gasteiger partial charge on any atom is 0.409 e. The Morgan fingerprint density at radius 3 is 2.55 bits per heavy atom. The van der Waals surface area contributed by atoms with Crippen molar-refractivity contribution >= 4 is 41.7 Å². The Labute approximate surface area is 199 Å². The molecule has 0 radical (unpaired) electrons. The van der Waals surface area contributed by atoms with Crippen molar-refractivity contribution in [2.75, 3.05) is 40.0 Å². The van der Waals surface area contributed by atoms with Crippen LogP contribution in [0.4, 0.5) is 10.5 Å². The lowest BCUT2D eigenvalue weighted by atomic mass is 10.1. The Morgan fingerprint density at radius 1 is 1.29 bits per heavy atom. The highest BCUT2D eigenvalue weighted by Crippen LogP contribution is 2.13. The van der Waals surface area contributed by atoms with Gasteiger partial charge in [-0.15, -0.1) is 24.0 Å². The van der Waals surface area contributed by atoms with Crippen LogP contribution in [-0.2, 0) is 16.0 Å². The molecule has 0 aliphatic carbocycles. The summed E-state index contributed by atoms with van der Waals surface area (Å²) in [6, 6.07) is 6.58. The number of piperidine rings is 1. The summed E-state index contributed by atoms with van der Waals surface area (Å²) in [5.74, 6) is 0.680. The Morgan fingerprint density at radius 2 is 1.97 bits per heavy atom. The lowest BCUT2D eigenvalue weighted by molar-refractivity contribution is -0.384. The van der Waals surface area contributed by atoms with Crippen molar-refractivity contribution < 1.29 is 19.2 Å². The molecule has 1 saturated heterocycles. The number of amides is 1. The van der Waals surface area contributed by atoms with E-state index in [1.807, 2.05) is 0 Å². The molecule has 0 spiro atoms. The molecule has 0 aromatic heterocycles. The van der Waals surface area contributed by atoms with Crippen molar-refractivity contribution in [1.82, 2.24) is 15.5 Å². The monoisotopic (exact) mass is 549 g/mol. The molecule has 2 N–H and O–H groups in total. The van der Waals surface area contributed by atoms with Gasteiger partial charge in [0.05, 0.1) is 18.1 Å². The molecule has 10 nitrogen and oxygen atoms in total. The van der Waals surface area contributed by atoms with Gasteiger partial charge in [0.25, 0.3) is 5.69 Å². The number of halogens is 1. The van der Waals surface area contributed by atoms with Crippen LogP contribution >= 0.6 is 24.0 Å². The standard InChI is InChI=1S/C20H31N5O5.HI/c1-3-30-20(26)24-12-9-17(10-13-24)23-19(21-11-4-14-29-2)22-15-16-5-7-18(8-6-16)25(27)28;/h5-8,17H,3-4,9-15H2,1-2H3,(H2,21,22,23);1H. The lowest BCUT2D eigenvalue weighted by Crippen LogP contribution is -2.50. The second-order valence-electron chi connectivity index (χ2n) is 6.97. The van der Waals surface area contributed by atoms with Crippen LogP contribution in [0, 0.1) is 10.1 Å². The minimum absolute atomic E-state index is 0. The molecular formula is C20H32IN5O5. The number of nitro benzene ring substituents is 1. The summed E-state index contributed by atoms with van der Waals surface area (Å²) in [5.41, 5.74) is 0.947. The number of benzene rings is 1. The highest BCUT2D eigenvalue weighted by molar-refractivity contribution is 14.0. The molecule has 0 unspecified atom stereocenters. The molecule has 1 aromatic rings. The van der Waals surface area contributed by atoms with E-state index < -0.39 is 4.92 Å². The van der Waals surface area contributed by atoms with Crippen LogP contribution in [0.2, 0.25) is 0 Å². The van der Waals surface area contributed by atoms with Gasteiger partial charge in [0.1, 0.15) is 0 Å². The number of hydrogen-bond acceptors (Lipinski definition) is 6. The summed E-state index contributed by atoms with van der Waals surface area (Å²) in [7, 11) is 1.67. The highest BCUT2D eigenvalue weighted by Gasteiger charge is 2.24. The van der Waals surface area contributed by atoms with Crippen LogP contribution in [0.1, 0.15) is 31.7 Å². The molecule has 1 fully saturated rings. The third-order valence-corrected chi connectivity index (χ3v) is 4.75. The van der Waals surface area contributed by atoms with Crippen LogP contribution in [-0.4, -0.2) is 67.9 Å². The number of nitrogens with zero attached hydrogens (tertiary/aromatic N) is 3. The van der Waals surface area contributed by atoms with Gasteiger partial charge in [0.15, 0.2) is 5.96 Å². The first-order valence-electron chi connectivity index (χ1n) is 10.2. The summed E-state index contributed by atoms with van der Waals surface area (Å²) in [5, 5.41) is 17.5. The Hall–Kier alpha value is -2.15. The first-order chi connectivity index (χ1) is 14.5. The largest absolute Gasteiger partial charge is 0.450 e. The van der Waals surface area contributed by atoms with E-state index in [4.69, 9.17) is 9.47 Å². The van der Waals surface area contributed by atoms with E-state index >= 15 is 0 Å². The first-order valence-corrected chi connectivity index (χ1v) is 10.2. The van der Waals surface area contributed by atoms with Crippen LogP contribution in [0.3, 0.4) is 0 Å². The smallest absolute Gasteiger partial charge is 0.409 e. The average molecular weight is 549 g/mol. The van der Waals surface area contributed by atoms with E-state index in [0.717, 1.165) is 24.8 Å². The van der Waals surface area contributed by atoms with Gasteiger partial charge >= 0.3 is 6.09 Å². The fraction of sp³-hybridized carbons (Fsp3) is 0.600. The van der Waals surface area contributed by atoms with E-state index in [1.165, 1.54) is 12.1 Å². The number of carbonyl (C=O) groups is 1. The molecule has 174 valence electrons. The highest BCUT2D eigenvalue weighted by atomic mass is 127. The molecule has 2 rings (SSSR count). The SMILES string of the molecule is CCOC(=O)N1CCC(NC(=NCc2ccc([N+](=O)[O-])cc2)NCCCOC)CC1.I. The predicted molar refractivity (Wildman–Crippen MR) is 129 cm³/mol. The fourth-order valence-electron chi connectivity index (χ4n) is 3.08. The van der Waals surface area contributed by atoms with Crippen molar-refractivity contribution in [3.05, 3.63) is 39.9 Å². The predicted octanol–water partition coefficient (Wildman–Crippen LogP) is 2.91. The topological polar surface area (TPSA) is 118 Å². The zero-order chi connectivity index (χ0) is 21.8. The molecule has 1 aromatic carbocycles. The van der Waals surface area contributed by atoms with Crippen molar-refractivity contribution in [2.24, 2.45) is 4.99 Å². The number of nitro groups is 1. The number of carbonyl (C=O) groups excluding carboxylic acids is 1. The Bertz CT molecular complexity index is 708. The van der Waals surface area contributed by atoms with Crippen molar-refractivity contribution in [3.63, 3.8) is 0 Å². The van der Waals surface area contributed by atoms with Crippen molar-refractivity contribution in [1.29, 1.82) is 0 Å². The average Bonchev–Trinajstić information content (AvgIpc) is 2.75. The van der Waals surface area contributed by atoms with E-state index in [-0.39, 0.29) is 41.8 Å². The number of rotatable bonds is 9. The van der Waals surface area contributed by atoms with Crippen molar-refractivity contribution in [3.8, 4) is 0 Å². The zero-order valence-electron chi connectivity index (χ0n) is 18.0. The van der Waals surface area contributed by atoms with Crippen LogP contribution < -0.4 is 10.6 Å². The molecular weight excluding hydrogens is 517 g/mol. The van der Waals surface area contributed by atoms with Crippen LogP contribution in [0.25, 0.3) is 0 Å². The second kappa shape index (κ2) is 14.8. The molecule has 0 bridgehead atoms. The molecule has 11 heteroatoms. The molecule has 0 atom stereocenters. The van der Waals surface area contributed by atoms with E-state index in [9.17, 15) is 14.9 Å². The first kappa shape index (κ1) is 26.9. The normalized spacial score (nSPS) is 14.5. The van der Waals surface area contributed by atoms with Crippen LogP contribution in [0.15, 0.2) is 29.3 Å². The van der Waals surface area contributed by atoms with E-state index in [0.29, 0.717) is 45.4 Å². The number of nitrogens with one attached hydrogen (secondary N) is 2. The summed E-state index contributed by atoms with van der Waals surface area (Å²) < 4.78 is 10.1. The fourth-order valence-corrected chi connectivity index (χ4v) is 3.08. The number of ether oxygens (including phenoxy) is 2. The Kier molecular flexibility index (Phi) is 12.8. The lowest BCUT2D eigenvalue weighted by Gasteiger charge is -2.32. The third-order valence-electron chi connectivity index (χ3n) is 4.75. The van der Waals surface area contributed by atoms with Gasteiger partial charge in [-0.25, -0.2) is 9.79 Å². The zero-order valence-corrected chi connectivity index (χ0v) is 20.4. The van der Waals surface area contributed by atoms with Gasteiger partial charge in [-0.3, -0.25) is 10.1 Å². The number of guanidine groups is 1. The number of non-ortho nitro benzene ring substituents is 1. The quantitative estimate of drug-likeness (QED) is 0.122. The molecule has 1 heterocycles. The third kappa shape index (κ3) is 9.68. The van der Waals surface area contributed by atoms with Gasteiger partial charge in [-0.05, 0) is 31.7 Å². The van der Waals surface area contributed by atoms with Crippen molar-refractivity contribution in [2.45, 2.75) is 38.8 Å².